The van der Waals surface area contributed by atoms with Crippen molar-refractivity contribution in [2.24, 2.45) is 11.7 Å². The van der Waals surface area contributed by atoms with Gasteiger partial charge in [-0.05, 0) is 12.8 Å². The Labute approximate surface area is 90.0 Å². The largest absolute Gasteiger partial charge is 0.481 e. The Kier molecular flexibility index (Phi) is 5.93. The summed E-state index contributed by atoms with van der Waals surface area (Å²) in [5.74, 6) is -1.11. The number of amides is 1. The molecule has 4 N–H and O–H groups in total. The molecule has 0 aromatic heterocycles. The van der Waals surface area contributed by atoms with E-state index in [1.165, 1.54) is 0 Å². The zero-order valence-electron chi connectivity index (χ0n) is 9.49. The van der Waals surface area contributed by atoms with Crippen LogP contribution in [-0.4, -0.2) is 29.1 Å². The summed E-state index contributed by atoms with van der Waals surface area (Å²) in [5.41, 5.74) is 5.42. The first-order valence-corrected chi connectivity index (χ1v) is 5.16. The highest BCUT2D eigenvalue weighted by Gasteiger charge is 2.20. The Balaban J connectivity index is 4.06. The molecule has 3 atom stereocenters. The Bertz CT molecular complexity index is 231. The summed E-state index contributed by atoms with van der Waals surface area (Å²) < 4.78 is 0. The van der Waals surface area contributed by atoms with Gasteiger partial charge in [0.2, 0.25) is 5.91 Å². The van der Waals surface area contributed by atoms with Crippen LogP contribution in [0.15, 0.2) is 0 Å². The number of carboxylic acids is 1. The van der Waals surface area contributed by atoms with Gasteiger partial charge in [-0.1, -0.05) is 20.3 Å². The summed E-state index contributed by atoms with van der Waals surface area (Å²) >= 11 is 0. The van der Waals surface area contributed by atoms with E-state index in [0.717, 1.165) is 6.42 Å². The standard InChI is InChI=1S/C10H20N2O3/c1-4-6(2)7(3)12-10(15)8(11)5-9(13)14/h6-8H,4-5,11H2,1-3H3,(H,12,15)(H,13,14). The van der Waals surface area contributed by atoms with Crippen LogP contribution in [-0.2, 0) is 9.59 Å². The van der Waals surface area contributed by atoms with Crippen molar-refractivity contribution in [3.05, 3.63) is 0 Å². The van der Waals surface area contributed by atoms with Crippen LogP contribution in [0.1, 0.15) is 33.6 Å². The number of carboxylic acid groups (broad SMARTS) is 1. The van der Waals surface area contributed by atoms with Gasteiger partial charge in [0.15, 0.2) is 0 Å². The minimum atomic E-state index is -1.06. The first-order chi connectivity index (χ1) is 6.88. The van der Waals surface area contributed by atoms with Crippen LogP contribution >= 0.6 is 0 Å². The molecule has 0 spiro atoms. The van der Waals surface area contributed by atoms with Gasteiger partial charge in [-0.3, -0.25) is 9.59 Å². The number of aliphatic carboxylic acids is 1. The lowest BCUT2D eigenvalue weighted by Crippen LogP contribution is -2.47. The smallest absolute Gasteiger partial charge is 0.305 e. The van der Waals surface area contributed by atoms with Gasteiger partial charge in [0.05, 0.1) is 12.5 Å². The molecule has 0 saturated heterocycles. The van der Waals surface area contributed by atoms with E-state index in [9.17, 15) is 9.59 Å². The van der Waals surface area contributed by atoms with Crippen LogP contribution in [0, 0.1) is 5.92 Å². The summed E-state index contributed by atoms with van der Waals surface area (Å²) in [7, 11) is 0. The molecule has 0 bridgehead atoms. The number of hydrogen-bond donors (Lipinski definition) is 3. The second-order valence-electron chi connectivity index (χ2n) is 3.89. The molecule has 15 heavy (non-hydrogen) atoms. The predicted molar refractivity (Wildman–Crippen MR) is 57.3 cm³/mol. The molecule has 1 amide bonds. The molecule has 0 aliphatic heterocycles. The first kappa shape index (κ1) is 13.9. The van der Waals surface area contributed by atoms with E-state index >= 15 is 0 Å². The van der Waals surface area contributed by atoms with Crippen LogP contribution < -0.4 is 11.1 Å². The minimum Gasteiger partial charge on any atom is -0.481 e. The highest BCUT2D eigenvalue weighted by atomic mass is 16.4. The number of carbonyl (C=O) groups excluding carboxylic acids is 1. The molecule has 0 heterocycles. The number of nitrogens with two attached hydrogens (primary N) is 1. The monoisotopic (exact) mass is 216 g/mol. The third-order valence-electron chi connectivity index (χ3n) is 2.60. The first-order valence-electron chi connectivity index (χ1n) is 5.16. The highest BCUT2D eigenvalue weighted by Crippen LogP contribution is 2.06. The second kappa shape index (κ2) is 6.40. The van der Waals surface area contributed by atoms with E-state index in [-0.39, 0.29) is 12.5 Å². The van der Waals surface area contributed by atoms with Gasteiger partial charge in [0, 0.05) is 6.04 Å². The minimum absolute atomic E-state index is 0.0161. The summed E-state index contributed by atoms with van der Waals surface area (Å²) in [6, 6.07) is -0.948. The Morgan fingerprint density at radius 1 is 1.40 bits per heavy atom. The van der Waals surface area contributed by atoms with Crippen molar-refractivity contribution in [3.63, 3.8) is 0 Å². The van der Waals surface area contributed by atoms with E-state index < -0.39 is 17.9 Å². The molecule has 0 saturated carbocycles. The van der Waals surface area contributed by atoms with E-state index in [1.54, 1.807) is 0 Å². The van der Waals surface area contributed by atoms with Gasteiger partial charge in [-0.2, -0.15) is 0 Å². The maximum atomic E-state index is 11.4. The predicted octanol–water partition coefficient (Wildman–Crippen LogP) is 0.339. The molecule has 88 valence electrons. The Morgan fingerprint density at radius 3 is 2.33 bits per heavy atom. The molecular formula is C10H20N2O3. The maximum Gasteiger partial charge on any atom is 0.305 e. The summed E-state index contributed by atoms with van der Waals surface area (Å²) in [6.45, 7) is 5.94. The molecule has 0 rings (SSSR count). The zero-order valence-corrected chi connectivity index (χ0v) is 9.49. The van der Waals surface area contributed by atoms with Crippen LogP contribution in [0.3, 0.4) is 0 Å². The summed E-state index contributed by atoms with van der Waals surface area (Å²) in [6.07, 6.45) is 0.620. The van der Waals surface area contributed by atoms with Crippen molar-refractivity contribution in [2.75, 3.05) is 0 Å². The van der Waals surface area contributed by atoms with Crippen LogP contribution in [0.5, 0.6) is 0 Å². The van der Waals surface area contributed by atoms with Crippen molar-refractivity contribution in [1.29, 1.82) is 0 Å². The molecule has 3 unspecified atom stereocenters. The van der Waals surface area contributed by atoms with Crippen LogP contribution in [0.25, 0.3) is 0 Å². The Morgan fingerprint density at radius 2 is 1.93 bits per heavy atom. The highest BCUT2D eigenvalue weighted by molar-refractivity contribution is 5.86. The lowest BCUT2D eigenvalue weighted by molar-refractivity contribution is -0.139. The number of hydrogen-bond acceptors (Lipinski definition) is 3. The van der Waals surface area contributed by atoms with Crippen molar-refractivity contribution in [3.8, 4) is 0 Å². The SMILES string of the molecule is CCC(C)C(C)NC(=O)C(N)CC(=O)O. The number of rotatable bonds is 6. The molecule has 5 nitrogen and oxygen atoms in total. The molecule has 0 aromatic rings. The molecule has 0 aliphatic rings. The third kappa shape index (κ3) is 5.37. The van der Waals surface area contributed by atoms with Gasteiger partial charge >= 0.3 is 5.97 Å². The van der Waals surface area contributed by atoms with Crippen molar-refractivity contribution >= 4 is 11.9 Å². The van der Waals surface area contributed by atoms with Crippen molar-refractivity contribution in [2.45, 2.75) is 45.7 Å². The average molecular weight is 216 g/mol. The fraction of sp³-hybridized carbons (Fsp3) is 0.800. The van der Waals surface area contributed by atoms with Gasteiger partial charge in [-0.15, -0.1) is 0 Å². The van der Waals surface area contributed by atoms with E-state index in [2.05, 4.69) is 5.32 Å². The van der Waals surface area contributed by atoms with Gasteiger partial charge in [-0.25, -0.2) is 0 Å². The maximum absolute atomic E-state index is 11.4. The molecule has 0 fully saturated rings. The fourth-order valence-electron chi connectivity index (χ4n) is 1.11. The third-order valence-corrected chi connectivity index (χ3v) is 2.60. The van der Waals surface area contributed by atoms with Crippen molar-refractivity contribution in [1.82, 2.24) is 5.32 Å². The lowest BCUT2D eigenvalue weighted by Gasteiger charge is -2.21. The molecule has 5 heteroatoms. The average Bonchev–Trinajstić information content (AvgIpc) is 2.15. The van der Waals surface area contributed by atoms with Crippen LogP contribution in [0.2, 0.25) is 0 Å². The topological polar surface area (TPSA) is 92.4 Å². The van der Waals surface area contributed by atoms with Gasteiger partial charge in [0.1, 0.15) is 0 Å². The Hall–Kier alpha value is -1.10. The van der Waals surface area contributed by atoms with E-state index in [0.29, 0.717) is 5.92 Å². The van der Waals surface area contributed by atoms with Gasteiger partial charge in [0.25, 0.3) is 0 Å². The summed E-state index contributed by atoms with van der Waals surface area (Å²) in [4.78, 5) is 21.7. The van der Waals surface area contributed by atoms with Crippen molar-refractivity contribution < 1.29 is 14.7 Å². The van der Waals surface area contributed by atoms with Crippen LogP contribution in [0.4, 0.5) is 0 Å². The summed E-state index contributed by atoms with van der Waals surface area (Å²) in [5, 5.41) is 11.2. The number of carbonyl (C=O) groups is 2. The van der Waals surface area contributed by atoms with E-state index in [1.807, 2.05) is 20.8 Å². The molecular weight excluding hydrogens is 196 g/mol. The van der Waals surface area contributed by atoms with E-state index in [4.69, 9.17) is 10.8 Å². The lowest BCUT2D eigenvalue weighted by atomic mass is 10.0. The normalized spacial score (nSPS) is 16.5. The number of nitrogens with one attached hydrogen (secondary N) is 1. The molecule has 0 aliphatic carbocycles. The fourth-order valence-corrected chi connectivity index (χ4v) is 1.11. The zero-order chi connectivity index (χ0) is 12.0. The quantitative estimate of drug-likeness (QED) is 0.597. The second-order valence-corrected chi connectivity index (χ2v) is 3.89. The van der Waals surface area contributed by atoms with Gasteiger partial charge < -0.3 is 16.2 Å². The molecule has 0 aromatic carbocycles. The molecule has 0 radical (unpaired) electrons.